The molecule has 10 heteroatoms. The number of hydrogen-bond donors (Lipinski definition) is 0. The van der Waals surface area contributed by atoms with Gasteiger partial charge in [0.2, 0.25) is 0 Å². The van der Waals surface area contributed by atoms with Gasteiger partial charge in [-0.1, -0.05) is 5.21 Å². The van der Waals surface area contributed by atoms with Gasteiger partial charge < -0.3 is 14.5 Å². The molecule has 0 radical (unpaired) electrons. The predicted octanol–water partition coefficient (Wildman–Crippen LogP) is 0.0929. The molecule has 2 aromatic heterocycles. The first-order valence-electron chi connectivity index (χ1n) is 9.53. The van der Waals surface area contributed by atoms with E-state index in [2.05, 4.69) is 20.3 Å². The average Bonchev–Trinajstić information content (AvgIpc) is 3.22. The van der Waals surface area contributed by atoms with Crippen molar-refractivity contribution in [2.24, 2.45) is 5.92 Å². The number of likely N-dealkylation sites (tertiary alicyclic amines) is 1. The fourth-order valence-corrected chi connectivity index (χ4v) is 3.65. The number of ether oxygens (including phenoxy) is 1. The summed E-state index contributed by atoms with van der Waals surface area (Å²) in [4.78, 5) is 36.7. The maximum Gasteiger partial charge on any atom is 0.276 e. The van der Waals surface area contributed by atoms with Crippen molar-refractivity contribution in [2.45, 2.75) is 19.4 Å². The molecule has 0 unspecified atom stereocenters. The van der Waals surface area contributed by atoms with Crippen molar-refractivity contribution in [3.05, 3.63) is 36.2 Å². The summed E-state index contributed by atoms with van der Waals surface area (Å²) in [6.45, 7) is 4.22. The number of hydrogen-bond acceptors (Lipinski definition) is 7. The van der Waals surface area contributed by atoms with E-state index in [4.69, 9.17) is 4.74 Å². The zero-order chi connectivity index (χ0) is 19.3. The smallest absolute Gasteiger partial charge is 0.276 e. The molecule has 28 heavy (non-hydrogen) atoms. The number of amides is 2. The first-order chi connectivity index (χ1) is 13.7. The summed E-state index contributed by atoms with van der Waals surface area (Å²) in [7, 11) is 0. The van der Waals surface area contributed by atoms with E-state index < -0.39 is 0 Å². The standard InChI is InChI=1S/C18H23N7O3/c26-17(15-10-19-3-4-20-15)24-5-1-2-14(11-24)12-25-13-16(21-22-25)18(27)23-6-8-28-9-7-23/h3-4,10,13-14H,1-2,5-9,11-12H2/t14-/m0/s1. The summed E-state index contributed by atoms with van der Waals surface area (Å²) in [6.07, 6.45) is 8.18. The Morgan fingerprint density at radius 1 is 1.07 bits per heavy atom. The fraction of sp³-hybridized carbons (Fsp3) is 0.556. The minimum atomic E-state index is -0.113. The van der Waals surface area contributed by atoms with E-state index in [0.717, 1.165) is 12.8 Å². The summed E-state index contributed by atoms with van der Waals surface area (Å²) >= 11 is 0. The number of nitrogens with zero attached hydrogens (tertiary/aromatic N) is 7. The Morgan fingerprint density at radius 3 is 2.68 bits per heavy atom. The molecule has 148 valence electrons. The van der Waals surface area contributed by atoms with Gasteiger partial charge in [0, 0.05) is 45.1 Å². The second-order valence-corrected chi connectivity index (χ2v) is 7.08. The van der Waals surface area contributed by atoms with Gasteiger partial charge in [-0.25, -0.2) is 4.98 Å². The number of piperidine rings is 1. The molecule has 4 heterocycles. The lowest BCUT2D eigenvalue weighted by atomic mass is 9.98. The van der Waals surface area contributed by atoms with Crippen molar-refractivity contribution in [2.75, 3.05) is 39.4 Å². The molecule has 0 saturated carbocycles. The quantitative estimate of drug-likeness (QED) is 0.734. The van der Waals surface area contributed by atoms with E-state index in [9.17, 15) is 9.59 Å². The highest BCUT2D eigenvalue weighted by Crippen LogP contribution is 2.19. The topological polar surface area (TPSA) is 106 Å². The van der Waals surface area contributed by atoms with Crippen LogP contribution in [0.1, 0.15) is 33.8 Å². The molecule has 2 fully saturated rings. The highest BCUT2D eigenvalue weighted by atomic mass is 16.5. The monoisotopic (exact) mass is 385 g/mol. The van der Waals surface area contributed by atoms with E-state index in [-0.39, 0.29) is 17.7 Å². The van der Waals surface area contributed by atoms with Crippen LogP contribution in [0.15, 0.2) is 24.8 Å². The van der Waals surface area contributed by atoms with Gasteiger partial charge >= 0.3 is 0 Å². The van der Waals surface area contributed by atoms with Crippen LogP contribution in [0.2, 0.25) is 0 Å². The van der Waals surface area contributed by atoms with Crippen LogP contribution >= 0.6 is 0 Å². The minimum absolute atomic E-state index is 0.0976. The summed E-state index contributed by atoms with van der Waals surface area (Å²) in [6, 6.07) is 0. The van der Waals surface area contributed by atoms with Crippen molar-refractivity contribution in [3.63, 3.8) is 0 Å². The molecule has 2 aromatic rings. The molecule has 0 spiro atoms. The van der Waals surface area contributed by atoms with Crippen molar-refractivity contribution in [1.82, 2.24) is 34.8 Å². The number of rotatable bonds is 4. The van der Waals surface area contributed by atoms with Gasteiger partial charge in [0.25, 0.3) is 11.8 Å². The lowest BCUT2D eigenvalue weighted by Gasteiger charge is -2.32. The zero-order valence-electron chi connectivity index (χ0n) is 15.6. The summed E-state index contributed by atoms with van der Waals surface area (Å²) in [5.41, 5.74) is 0.715. The first-order valence-corrected chi connectivity index (χ1v) is 9.53. The second kappa shape index (κ2) is 8.42. The van der Waals surface area contributed by atoms with Crippen molar-refractivity contribution in [3.8, 4) is 0 Å². The number of carbonyl (C=O) groups is 2. The largest absolute Gasteiger partial charge is 0.378 e. The summed E-state index contributed by atoms with van der Waals surface area (Å²) < 4.78 is 6.98. The van der Waals surface area contributed by atoms with Gasteiger partial charge in [0.1, 0.15) is 5.69 Å². The molecule has 2 aliphatic heterocycles. The minimum Gasteiger partial charge on any atom is -0.378 e. The van der Waals surface area contributed by atoms with Crippen LogP contribution in [0.4, 0.5) is 0 Å². The third-order valence-corrected chi connectivity index (χ3v) is 5.09. The molecule has 1 atom stereocenters. The Hall–Kier alpha value is -2.88. The molecule has 2 amide bonds. The lowest BCUT2D eigenvalue weighted by molar-refractivity contribution is 0.0299. The van der Waals surface area contributed by atoms with Gasteiger partial charge in [0.05, 0.1) is 25.6 Å². The van der Waals surface area contributed by atoms with Gasteiger partial charge in [-0.05, 0) is 18.8 Å². The molecule has 10 nitrogen and oxygen atoms in total. The Kier molecular flexibility index (Phi) is 5.56. The molecule has 2 saturated heterocycles. The van der Waals surface area contributed by atoms with E-state index >= 15 is 0 Å². The molecule has 0 aliphatic carbocycles. The van der Waals surface area contributed by atoms with Gasteiger partial charge in [-0.2, -0.15) is 0 Å². The van der Waals surface area contributed by atoms with Crippen molar-refractivity contribution < 1.29 is 14.3 Å². The lowest BCUT2D eigenvalue weighted by Crippen LogP contribution is -2.41. The van der Waals surface area contributed by atoms with Crippen molar-refractivity contribution >= 4 is 11.8 Å². The number of carbonyl (C=O) groups excluding carboxylic acids is 2. The Balaban J connectivity index is 1.36. The third-order valence-electron chi connectivity index (χ3n) is 5.09. The third kappa shape index (κ3) is 4.16. The van der Waals surface area contributed by atoms with Crippen LogP contribution in [0.25, 0.3) is 0 Å². The van der Waals surface area contributed by atoms with Crippen LogP contribution < -0.4 is 0 Å². The number of morpholine rings is 1. The highest BCUT2D eigenvalue weighted by molar-refractivity contribution is 5.92. The summed E-state index contributed by atoms with van der Waals surface area (Å²) in [5, 5.41) is 8.16. The van der Waals surface area contributed by atoms with Gasteiger partial charge in [0.15, 0.2) is 5.69 Å². The Bertz CT molecular complexity index is 820. The molecule has 0 bridgehead atoms. The Morgan fingerprint density at radius 2 is 1.89 bits per heavy atom. The van der Waals surface area contributed by atoms with E-state index in [1.807, 2.05) is 4.90 Å². The van der Waals surface area contributed by atoms with Crippen LogP contribution in [-0.4, -0.2) is 86.0 Å². The van der Waals surface area contributed by atoms with E-state index in [1.165, 1.54) is 12.4 Å². The van der Waals surface area contributed by atoms with Crippen LogP contribution in [-0.2, 0) is 11.3 Å². The maximum absolute atomic E-state index is 12.6. The second-order valence-electron chi connectivity index (χ2n) is 7.08. The van der Waals surface area contributed by atoms with Gasteiger partial charge in [-0.3, -0.25) is 19.3 Å². The van der Waals surface area contributed by atoms with E-state index in [0.29, 0.717) is 57.3 Å². The first kappa shape index (κ1) is 18.5. The van der Waals surface area contributed by atoms with Crippen LogP contribution in [0.5, 0.6) is 0 Å². The summed E-state index contributed by atoms with van der Waals surface area (Å²) in [5.74, 6) is 0.0413. The fourth-order valence-electron chi connectivity index (χ4n) is 3.65. The molecule has 2 aliphatic rings. The van der Waals surface area contributed by atoms with Crippen molar-refractivity contribution in [1.29, 1.82) is 0 Å². The molecular weight excluding hydrogens is 362 g/mol. The predicted molar refractivity (Wildman–Crippen MR) is 97.4 cm³/mol. The van der Waals surface area contributed by atoms with E-state index in [1.54, 1.807) is 22.0 Å². The SMILES string of the molecule is O=C(c1cnccn1)N1CCC[C@H](Cn2cc(C(=O)N3CCOCC3)nn2)C1. The van der Waals surface area contributed by atoms with Crippen LogP contribution in [0.3, 0.4) is 0 Å². The molecule has 0 aromatic carbocycles. The zero-order valence-corrected chi connectivity index (χ0v) is 15.6. The Labute approximate surface area is 162 Å². The number of aromatic nitrogens is 5. The normalized spacial score (nSPS) is 20.2. The molecule has 4 rings (SSSR count). The van der Waals surface area contributed by atoms with Gasteiger partial charge in [-0.15, -0.1) is 5.10 Å². The highest BCUT2D eigenvalue weighted by Gasteiger charge is 2.27. The molecular formula is C18H23N7O3. The average molecular weight is 385 g/mol. The van der Waals surface area contributed by atoms with Crippen LogP contribution in [0, 0.1) is 5.92 Å². The maximum atomic E-state index is 12.6. The molecule has 0 N–H and O–H groups in total.